The van der Waals surface area contributed by atoms with Gasteiger partial charge in [0.15, 0.2) is 5.82 Å². The first-order chi connectivity index (χ1) is 10.3. The van der Waals surface area contributed by atoms with Gasteiger partial charge in [0.25, 0.3) is 5.89 Å². The van der Waals surface area contributed by atoms with Crippen LogP contribution in [-0.2, 0) is 6.42 Å². The lowest BCUT2D eigenvalue weighted by atomic mass is 10.3. The molecule has 21 heavy (non-hydrogen) atoms. The number of aromatic nitrogens is 3. The fourth-order valence-corrected chi connectivity index (χ4v) is 1.83. The molecule has 6 heteroatoms. The average molecular weight is 280 g/mol. The number of H-pyrrole nitrogens is 1. The number of ether oxygens (including phenoxy) is 1. The zero-order valence-corrected chi connectivity index (χ0v) is 11.1. The van der Waals surface area contributed by atoms with E-state index in [-0.39, 0.29) is 0 Å². The molecule has 0 saturated heterocycles. The minimum atomic E-state index is 0.391. The number of para-hydroxylation sites is 1. The summed E-state index contributed by atoms with van der Waals surface area (Å²) in [6, 6.07) is 13.2. The maximum Gasteiger partial charge on any atom is 0.259 e. The first-order valence-electron chi connectivity index (χ1n) is 6.44. The van der Waals surface area contributed by atoms with Crippen LogP contribution in [-0.4, -0.2) is 21.7 Å². The number of hydrogen-bond donors (Lipinski definition) is 1. The van der Waals surface area contributed by atoms with Crippen molar-refractivity contribution in [3.63, 3.8) is 0 Å². The van der Waals surface area contributed by atoms with E-state index in [1.54, 1.807) is 12.3 Å². The Bertz CT molecular complexity index is 755. The predicted octanol–water partition coefficient (Wildman–Crippen LogP) is 2.56. The van der Waals surface area contributed by atoms with Gasteiger partial charge >= 0.3 is 0 Å². The molecule has 2 aromatic heterocycles. The van der Waals surface area contributed by atoms with Crippen molar-refractivity contribution in [2.45, 2.75) is 6.42 Å². The molecule has 1 aromatic carbocycles. The number of hydrogen-bond acceptors (Lipinski definition) is 5. The third-order valence-electron chi connectivity index (χ3n) is 2.86. The maximum absolute atomic E-state index is 8.76. The maximum atomic E-state index is 8.76. The van der Waals surface area contributed by atoms with Gasteiger partial charge in [0.2, 0.25) is 0 Å². The summed E-state index contributed by atoms with van der Waals surface area (Å²) in [4.78, 5) is 7.09. The topological polar surface area (TPSA) is 87.7 Å². The van der Waals surface area contributed by atoms with E-state index in [9.17, 15) is 0 Å². The van der Waals surface area contributed by atoms with E-state index in [1.165, 1.54) is 0 Å². The molecule has 0 bridgehead atoms. The molecule has 0 radical (unpaired) electrons. The van der Waals surface area contributed by atoms with Crippen LogP contribution in [0.3, 0.4) is 0 Å². The molecule has 104 valence electrons. The second-order valence-corrected chi connectivity index (χ2v) is 4.34. The fourth-order valence-electron chi connectivity index (χ4n) is 1.83. The fraction of sp³-hybridized carbons (Fsp3) is 0.133. The summed E-state index contributed by atoms with van der Waals surface area (Å²) in [6.45, 7) is 0.472. The molecule has 2 heterocycles. The van der Waals surface area contributed by atoms with Crippen LogP contribution in [0.2, 0.25) is 0 Å². The van der Waals surface area contributed by atoms with Crippen molar-refractivity contribution in [2.75, 3.05) is 6.61 Å². The van der Waals surface area contributed by atoms with E-state index in [0.717, 1.165) is 5.75 Å². The van der Waals surface area contributed by atoms with Crippen LogP contribution in [0.25, 0.3) is 11.5 Å². The average Bonchev–Trinajstić information content (AvgIpc) is 3.17. The quantitative estimate of drug-likeness (QED) is 0.776. The highest BCUT2D eigenvalue weighted by atomic mass is 16.5. The molecule has 0 fully saturated rings. The zero-order chi connectivity index (χ0) is 14.5. The second kappa shape index (κ2) is 5.92. The molecule has 0 spiro atoms. The minimum absolute atomic E-state index is 0.391. The van der Waals surface area contributed by atoms with E-state index in [1.807, 2.05) is 36.4 Å². The Labute approximate surface area is 121 Å². The van der Waals surface area contributed by atoms with Gasteiger partial charge in [0.1, 0.15) is 17.5 Å². The van der Waals surface area contributed by atoms with Crippen LogP contribution in [0, 0.1) is 11.3 Å². The number of aromatic amines is 1. The summed E-state index contributed by atoms with van der Waals surface area (Å²) in [5.74, 6) is 1.77. The Morgan fingerprint density at radius 2 is 2.14 bits per heavy atom. The number of nitrogens with zero attached hydrogens (tertiary/aromatic N) is 3. The zero-order valence-electron chi connectivity index (χ0n) is 11.1. The molecular weight excluding hydrogens is 268 g/mol. The standard InChI is InChI=1S/C15H12N4O2/c16-9-12-8-11(10-17-12)15-18-14(19-21-15)6-7-20-13-4-2-1-3-5-13/h1-5,8,10,17H,6-7H2. The van der Waals surface area contributed by atoms with Crippen molar-refractivity contribution in [1.82, 2.24) is 15.1 Å². The first kappa shape index (κ1) is 12.9. The third-order valence-corrected chi connectivity index (χ3v) is 2.86. The number of rotatable bonds is 5. The molecule has 0 aliphatic rings. The molecule has 3 aromatic rings. The lowest BCUT2D eigenvalue weighted by Gasteiger charge is -2.02. The van der Waals surface area contributed by atoms with Gasteiger partial charge in [-0.3, -0.25) is 0 Å². The highest BCUT2D eigenvalue weighted by molar-refractivity contribution is 5.54. The molecule has 0 aliphatic carbocycles. The van der Waals surface area contributed by atoms with E-state index in [4.69, 9.17) is 14.5 Å². The van der Waals surface area contributed by atoms with E-state index < -0.39 is 0 Å². The van der Waals surface area contributed by atoms with Gasteiger partial charge in [0.05, 0.1) is 12.2 Å². The van der Waals surface area contributed by atoms with Crippen molar-refractivity contribution >= 4 is 0 Å². The van der Waals surface area contributed by atoms with Gasteiger partial charge in [-0.1, -0.05) is 23.4 Å². The number of nitrogens with one attached hydrogen (secondary N) is 1. The predicted molar refractivity (Wildman–Crippen MR) is 74.4 cm³/mol. The number of nitriles is 1. The van der Waals surface area contributed by atoms with Gasteiger partial charge in [0, 0.05) is 12.6 Å². The molecule has 0 unspecified atom stereocenters. The van der Waals surface area contributed by atoms with Crippen LogP contribution in [0.5, 0.6) is 5.75 Å². The second-order valence-electron chi connectivity index (χ2n) is 4.34. The lowest BCUT2D eigenvalue weighted by molar-refractivity contribution is 0.315. The van der Waals surface area contributed by atoms with Crippen LogP contribution >= 0.6 is 0 Å². The molecule has 0 amide bonds. The van der Waals surface area contributed by atoms with Crippen molar-refractivity contribution in [2.24, 2.45) is 0 Å². The summed E-state index contributed by atoms with van der Waals surface area (Å²) >= 11 is 0. The molecule has 1 N–H and O–H groups in total. The van der Waals surface area contributed by atoms with Crippen molar-refractivity contribution < 1.29 is 9.26 Å². The summed E-state index contributed by atoms with van der Waals surface area (Å²) in [5, 5.41) is 12.7. The molecular formula is C15H12N4O2. The van der Waals surface area contributed by atoms with Crippen LogP contribution in [0.4, 0.5) is 0 Å². The van der Waals surface area contributed by atoms with Gasteiger partial charge in [-0.05, 0) is 18.2 Å². The molecule has 6 nitrogen and oxygen atoms in total. The molecule has 3 rings (SSSR count). The monoisotopic (exact) mass is 280 g/mol. The SMILES string of the molecule is N#Cc1cc(-c2nc(CCOc3ccccc3)no2)c[nH]1. The van der Waals surface area contributed by atoms with E-state index >= 15 is 0 Å². The smallest absolute Gasteiger partial charge is 0.259 e. The Kier molecular flexibility index (Phi) is 3.65. The highest BCUT2D eigenvalue weighted by Crippen LogP contribution is 2.18. The highest BCUT2D eigenvalue weighted by Gasteiger charge is 2.10. The van der Waals surface area contributed by atoms with Gasteiger partial charge in [-0.15, -0.1) is 0 Å². The Morgan fingerprint density at radius 3 is 2.90 bits per heavy atom. The number of benzene rings is 1. The Hall–Kier alpha value is -3.07. The third kappa shape index (κ3) is 3.09. The summed E-state index contributed by atoms with van der Waals surface area (Å²) in [6.07, 6.45) is 2.21. The summed E-state index contributed by atoms with van der Waals surface area (Å²) in [5.41, 5.74) is 1.16. The van der Waals surface area contributed by atoms with Crippen molar-refractivity contribution in [3.8, 4) is 23.3 Å². The van der Waals surface area contributed by atoms with Crippen molar-refractivity contribution in [3.05, 3.63) is 54.1 Å². The van der Waals surface area contributed by atoms with Crippen LogP contribution in [0.1, 0.15) is 11.5 Å². The van der Waals surface area contributed by atoms with Crippen LogP contribution < -0.4 is 4.74 Å². The molecule has 0 aliphatic heterocycles. The van der Waals surface area contributed by atoms with Gasteiger partial charge in [-0.2, -0.15) is 10.2 Å². The van der Waals surface area contributed by atoms with Gasteiger partial charge < -0.3 is 14.2 Å². The Balaban J connectivity index is 1.59. The largest absolute Gasteiger partial charge is 0.493 e. The van der Waals surface area contributed by atoms with Gasteiger partial charge in [-0.25, -0.2) is 0 Å². The lowest BCUT2D eigenvalue weighted by Crippen LogP contribution is -2.02. The first-order valence-corrected chi connectivity index (χ1v) is 6.44. The normalized spacial score (nSPS) is 10.2. The summed E-state index contributed by atoms with van der Waals surface area (Å²) < 4.78 is 10.7. The minimum Gasteiger partial charge on any atom is -0.493 e. The Morgan fingerprint density at radius 1 is 1.29 bits per heavy atom. The van der Waals surface area contributed by atoms with Crippen LogP contribution in [0.15, 0.2) is 47.1 Å². The molecule has 0 saturated carbocycles. The van der Waals surface area contributed by atoms with E-state index in [2.05, 4.69) is 15.1 Å². The summed E-state index contributed by atoms with van der Waals surface area (Å²) in [7, 11) is 0. The van der Waals surface area contributed by atoms with Crippen molar-refractivity contribution in [1.29, 1.82) is 5.26 Å². The van der Waals surface area contributed by atoms with E-state index in [0.29, 0.717) is 36.0 Å². The molecule has 0 atom stereocenters.